The maximum atomic E-state index is 13.5. The molecule has 1 aromatic carbocycles. The van der Waals surface area contributed by atoms with Crippen LogP contribution in [0.5, 0.6) is 5.75 Å². The molecule has 1 aliphatic rings. The standard InChI is InChI=1S/C14H18F2O2/c1-2-9-6-7-11(17)13(8-9)18-12-5-3-4-10(15)14(12)16/h3-5,9,11,13,17H,2,6-8H2,1H3. The molecule has 18 heavy (non-hydrogen) atoms. The van der Waals surface area contributed by atoms with Crippen molar-refractivity contribution < 1.29 is 18.6 Å². The highest BCUT2D eigenvalue weighted by Crippen LogP contribution is 2.31. The van der Waals surface area contributed by atoms with Crippen molar-refractivity contribution in [3.63, 3.8) is 0 Å². The van der Waals surface area contributed by atoms with Crippen molar-refractivity contribution in [2.45, 2.75) is 44.8 Å². The largest absolute Gasteiger partial charge is 0.485 e. The smallest absolute Gasteiger partial charge is 0.200 e. The summed E-state index contributed by atoms with van der Waals surface area (Å²) in [6.07, 6.45) is 2.27. The highest BCUT2D eigenvalue weighted by molar-refractivity contribution is 5.25. The van der Waals surface area contributed by atoms with Crippen molar-refractivity contribution in [1.82, 2.24) is 0 Å². The van der Waals surface area contributed by atoms with Crippen LogP contribution in [0, 0.1) is 17.6 Å². The minimum absolute atomic E-state index is 0.115. The predicted molar refractivity (Wildman–Crippen MR) is 64.4 cm³/mol. The number of benzene rings is 1. The molecule has 100 valence electrons. The monoisotopic (exact) mass is 256 g/mol. The molecule has 2 rings (SSSR count). The number of ether oxygens (including phenoxy) is 1. The molecule has 1 aromatic rings. The van der Waals surface area contributed by atoms with Gasteiger partial charge in [0.25, 0.3) is 0 Å². The van der Waals surface area contributed by atoms with E-state index in [-0.39, 0.29) is 5.75 Å². The van der Waals surface area contributed by atoms with Gasteiger partial charge >= 0.3 is 0 Å². The summed E-state index contributed by atoms with van der Waals surface area (Å²) in [4.78, 5) is 0. The fourth-order valence-corrected chi connectivity index (χ4v) is 2.43. The van der Waals surface area contributed by atoms with Gasteiger partial charge in [0.2, 0.25) is 5.82 Å². The van der Waals surface area contributed by atoms with Crippen LogP contribution < -0.4 is 4.74 Å². The third-order valence-electron chi connectivity index (χ3n) is 3.64. The van der Waals surface area contributed by atoms with E-state index < -0.39 is 23.8 Å². The second-order valence-corrected chi connectivity index (χ2v) is 4.86. The van der Waals surface area contributed by atoms with Crippen LogP contribution in [0.4, 0.5) is 8.78 Å². The molecule has 0 spiro atoms. The third kappa shape index (κ3) is 2.80. The molecule has 1 aliphatic carbocycles. The van der Waals surface area contributed by atoms with E-state index in [1.54, 1.807) is 0 Å². The van der Waals surface area contributed by atoms with Crippen LogP contribution in [-0.2, 0) is 0 Å². The number of hydrogen-bond acceptors (Lipinski definition) is 2. The second-order valence-electron chi connectivity index (χ2n) is 4.86. The van der Waals surface area contributed by atoms with Crippen molar-refractivity contribution in [3.8, 4) is 5.75 Å². The molecule has 0 amide bonds. The zero-order chi connectivity index (χ0) is 13.1. The van der Waals surface area contributed by atoms with E-state index >= 15 is 0 Å². The van der Waals surface area contributed by atoms with Crippen molar-refractivity contribution in [3.05, 3.63) is 29.8 Å². The molecule has 0 radical (unpaired) electrons. The van der Waals surface area contributed by atoms with E-state index in [2.05, 4.69) is 6.92 Å². The lowest BCUT2D eigenvalue weighted by atomic mass is 9.84. The van der Waals surface area contributed by atoms with Gasteiger partial charge in [0.05, 0.1) is 6.10 Å². The molecule has 2 nitrogen and oxygen atoms in total. The van der Waals surface area contributed by atoms with Crippen LogP contribution in [0.2, 0.25) is 0 Å². The zero-order valence-electron chi connectivity index (χ0n) is 10.4. The fourth-order valence-electron chi connectivity index (χ4n) is 2.43. The van der Waals surface area contributed by atoms with Gasteiger partial charge in [-0.25, -0.2) is 4.39 Å². The molecule has 3 atom stereocenters. The Bertz CT molecular complexity index is 409. The summed E-state index contributed by atoms with van der Waals surface area (Å²) in [7, 11) is 0. The Balaban J connectivity index is 2.09. The van der Waals surface area contributed by atoms with E-state index in [1.165, 1.54) is 12.1 Å². The summed E-state index contributed by atoms with van der Waals surface area (Å²) < 4.78 is 32.0. The maximum absolute atomic E-state index is 13.5. The predicted octanol–water partition coefficient (Wildman–Crippen LogP) is 3.28. The van der Waals surface area contributed by atoms with Crippen LogP contribution in [0.15, 0.2) is 18.2 Å². The van der Waals surface area contributed by atoms with Gasteiger partial charge in [-0.1, -0.05) is 19.4 Å². The molecular formula is C14H18F2O2. The Labute approximate surface area is 106 Å². The topological polar surface area (TPSA) is 29.5 Å². The highest BCUT2D eigenvalue weighted by Gasteiger charge is 2.30. The van der Waals surface area contributed by atoms with E-state index in [0.717, 1.165) is 18.9 Å². The number of hydrogen-bond donors (Lipinski definition) is 1. The Morgan fingerprint density at radius 1 is 1.33 bits per heavy atom. The number of rotatable bonds is 3. The van der Waals surface area contributed by atoms with Crippen LogP contribution in [0.3, 0.4) is 0 Å². The lowest BCUT2D eigenvalue weighted by Crippen LogP contribution is -2.38. The first-order valence-corrected chi connectivity index (χ1v) is 6.40. The van der Waals surface area contributed by atoms with Gasteiger partial charge in [-0.2, -0.15) is 4.39 Å². The Morgan fingerprint density at radius 3 is 2.83 bits per heavy atom. The fraction of sp³-hybridized carbons (Fsp3) is 0.571. The zero-order valence-corrected chi connectivity index (χ0v) is 10.4. The first-order valence-electron chi connectivity index (χ1n) is 6.40. The van der Waals surface area contributed by atoms with Crippen molar-refractivity contribution >= 4 is 0 Å². The quantitative estimate of drug-likeness (QED) is 0.899. The SMILES string of the molecule is CCC1CCC(O)C(Oc2cccc(F)c2F)C1. The van der Waals surface area contributed by atoms with Crippen LogP contribution >= 0.6 is 0 Å². The minimum Gasteiger partial charge on any atom is -0.485 e. The van der Waals surface area contributed by atoms with Gasteiger partial charge in [0.1, 0.15) is 6.10 Å². The molecule has 0 bridgehead atoms. The van der Waals surface area contributed by atoms with Gasteiger partial charge in [0.15, 0.2) is 11.6 Å². The van der Waals surface area contributed by atoms with Gasteiger partial charge in [-0.3, -0.25) is 0 Å². The third-order valence-corrected chi connectivity index (χ3v) is 3.64. The van der Waals surface area contributed by atoms with E-state index in [4.69, 9.17) is 4.74 Å². The number of aliphatic hydroxyl groups is 1. The number of aliphatic hydroxyl groups excluding tert-OH is 1. The maximum Gasteiger partial charge on any atom is 0.200 e. The lowest BCUT2D eigenvalue weighted by molar-refractivity contribution is -0.0128. The molecule has 1 saturated carbocycles. The Hall–Kier alpha value is -1.16. The highest BCUT2D eigenvalue weighted by atomic mass is 19.2. The molecule has 3 unspecified atom stereocenters. The normalized spacial score (nSPS) is 28.1. The summed E-state index contributed by atoms with van der Waals surface area (Å²) >= 11 is 0. The molecule has 1 N–H and O–H groups in total. The lowest BCUT2D eigenvalue weighted by Gasteiger charge is -2.33. The van der Waals surface area contributed by atoms with Crippen LogP contribution in [0.1, 0.15) is 32.6 Å². The van der Waals surface area contributed by atoms with Gasteiger partial charge in [-0.15, -0.1) is 0 Å². The molecule has 1 fully saturated rings. The first-order chi connectivity index (χ1) is 8.61. The summed E-state index contributed by atoms with van der Waals surface area (Å²) in [6, 6.07) is 3.84. The van der Waals surface area contributed by atoms with Crippen molar-refractivity contribution in [1.29, 1.82) is 0 Å². The summed E-state index contributed by atoms with van der Waals surface area (Å²) in [6.45, 7) is 2.09. The first kappa shape index (κ1) is 13.3. The van der Waals surface area contributed by atoms with E-state index in [0.29, 0.717) is 18.8 Å². The average molecular weight is 256 g/mol. The van der Waals surface area contributed by atoms with Crippen LogP contribution in [0.25, 0.3) is 0 Å². The number of halogens is 2. The Kier molecular flexibility index (Phi) is 4.17. The van der Waals surface area contributed by atoms with Gasteiger partial charge in [0, 0.05) is 0 Å². The van der Waals surface area contributed by atoms with E-state index in [1.807, 2.05) is 0 Å². The molecular weight excluding hydrogens is 238 g/mol. The van der Waals surface area contributed by atoms with Crippen molar-refractivity contribution in [2.75, 3.05) is 0 Å². The van der Waals surface area contributed by atoms with Crippen LogP contribution in [-0.4, -0.2) is 17.3 Å². The average Bonchev–Trinajstić information content (AvgIpc) is 2.37. The molecule has 4 heteroatoms. The second kappa shape index (κ2) is 5.65. The van der Waals surface area contributed by atoms with Gasteiger partial charge < -0.3 is 9.84 Å². The molecule has 0 saturated heterocycles. The molecule has 0 aromatic heterocycles. The van der Waals surface area contributed by atoms with Crippen molar-refractivity contribution in [2.24, 2.45) is 5.92 Å². The summed E-state index contributed by atoms with van der Waals surface area (Å²) in [5.41, 5.74) is 0. The minimum atomic E-state index is -0.983. The molecule has 0 aliphatic heterocycles. The Morgan fingerprint density at radius 2 is 2.11 bits per heavy atom. The van der Waals surface area contributed by atoms with Gasteiger partial charge in [-0.05, 0) is 37.3 Å². The summed E-state index contributed by atoms with van der Waals surface area (Å²) in [5.74, 6) is -1.54. The summed E-state index contributed by atoms with van der Waals surface area (Å²) in [5, 5.41) is 9.86. The van der Waals surface area contributed by atoms with E-state index in [9.17, 15) is 13.9 Å². The molecule has 0 heterocycles.